The van der Waals surface area contributed by atoms with Crippen LogP contribution in [0.4, 0.5) is 4.39 Å². The van der Waals surface area contributed by atoms with Crippen LogP contribution in [0.3, 0.4) is 0 Å². The van der Waals surface area contributed by atoms with E-state index in [1.807, 2.05) is 0 Å². The molecular formula is C14H20FNO4S. The van der Waals surface area contributed by atoms with Gasteiger partial charge in [-0.1, -0.05) is 13.8 Å². The summed E-state index contributed by atoms with van der Waals surface area (Å²) in [6.45, 7) is 6.53. The lowest BCUT2D eigenvalue weighted by atomic mass is 10.1. The summed E-state index contributed by atoms with van der Waals surface area (Å²) in [5.41, 5.74) is 0.400. The third kappa shape index (κ3) is 4.50. The van der Waals surface area contributed by atoms with Gasteiger partial charge in [-0.15, -0.1) is 0 Å². The van der Waals surface area contributed by atoms with Crippen molar-refractivity contribution in [2.24, 2.45) is 5.92 Å². The molecule has 5 nitrogen and oxygen atoms in total. The third-order valence-corrected chi connectivity index (χ3v) is 4.47. The van der Waals surface area contributed by atoms with Crippen LogP contribution in [-0.4, -0.2) is 25.5 Å². The van der Waals surface area contributed by atoms with Crippen molar-refractivity contribution >= 4 is 16.0 Å². The van der Waals surface area contributed by atoms with Crippen LogP contribution in [0.25, 0.3) is 0 Å². The van der Waals surface area contributed by atoms with Gasteiger partial charge in [-0.05, 0) is 49.4 Å². The van der Waals surface area contributed by atoms with Gasteiger partial charge in [0.1, 0.15) is 11.9 Å². The van der Waals surface area contributed by atoms with Gasteiger partial charge in [0.2, 0.25) is 10.0 Å². The smallest absolute Gasteiger partial charge is 0.321 e. The van der Waals surface area contributed by atoms with Gasteiger partial charge < -0.3 is 5.11 Å². The van der Waals surface area contributed by atoms with E-state index < -0.39 is 27.9 Å². The molecule has 0 fully saturated rings. The molecule has 1 atom stereocenters. The van der Waals surface area contributed by atoms with Crippen LogP contribution in [0.1, 0.15) is 31.4 Å². The molecule has 7 heteroatoms. The Hall–Kier alpha value is -1.47. The molecule has 0 aromatic heterocycles. The molecule has 0 bridgehead atoms. The Labute approximate surface area is 124 Å². The van der Waals surface area contributed by atoms with Crippen molar-refractivity contribution in [2.45, 2.75) is 45.1 Å². The largest absolute Gasteiger partial charge is 0.480 e. The molecule has 1 aromatic carbocycles. The number of carboxylic acid groups (broad SMARTS) is 1. The molecule has 2 N–H and O–H groups in total. The summed E-state index contributed by atoms with van der Waals surface area (Å²) >= 11 is 0. The van der Waals surface area contributed by atoms with Gasteiger partial charge in [-0.3, -0.25) is 4.79 Å². The summed E-state index contributed by atoms with van der Waals surface area (Å²) in [6.07, 6.45) is 0.174. The highest BCUT2D eigenvalue weighted by molar-refractivity contribution is 7.89. The Balaban J connectivity index is 3.13. The normalized spacial score (nSPS) is 13.4. The summed E-state index contributed by atoms with van der Waals surface area (Å²) in [7, 11) is -4.01. The van der Waals surface area contributed by atoms with Crippen molar-refractivity contribution in [3.05, 3.63) is 29.1 Å². The Morgan fingerprint density at radius 1 is 1.29 bits per heavy atom. The molecule has 0 aliphatic rings. The fourth-order valence-electron chi connectivity index (χ4n) is 1.99. The lowest BCUT2D eigenvalue weighted by Crippen LogP contribution is -2.41. The second-order valence-electron chi connectivity index (χ2n) is 5.51. The number of carboxylic acids is 1. The van der Waals surface area contributed by atoms with Gasteiger partial charge in [0.15, 0.2) is 0 Å². The molecular weight excluding hydrogens is 297 g/mol. The molecule has 1 aromatic rings. The summed E-state index contributed by atoms with van der Waals surface area (Å²) in [5, 5.41) is 9.10. The van der Waals surface area contributed by atoms with Gasteiger partial charge in [-0.25, -0.2) is 12.8 Å². The summed E-state index contributed by atoms with van der Waals surface area (Å²) in [5.74, 6) is -1.68. The Kier molecular flexibility index (Phi) is 5.47. The highest BCUT2D eigenvalue weighted by atomic mass is 32.2. The fourth-order valence-corrected chi connectivity index (χ4v) is 3.36. The Morgan fingerprint density at radius 2 is 1.76 bits per heavy atom. The van der Waals surface area contributed by atoms with E-state index in [2.05, 4.69) is 4.72 Å². The highest BCUT2D eigenvalue weighted by Gasteiger charge is 2.26. The quantitative estimate of drug-likeness (QED) is 0.842. The van der Waals surface area contributed by atoms with Gasteiger partial charge in [0, 0.05) is 0 Å². The molecule has 0 unspecified atom stereocenters. The molecule has 0 aliphatic heterocycles. The first-order chi connectivity index (χ1) is 9.54. The standard InChI is InChI=1S/C14H20FNO4S/c1-8(2)5-12(14(17)18)16-21(19,20)11-6-9(3)13(15)10(4)7-11/h6-8,12,16H,5H2,1-4H3,(H,17,18)/t12-/m0/s1. The van der Waals surface area contributed by atoms with Crippen LogP contribution >= 0.6 is 0 Å². The number of benzene rings is 1. The number of aryl methyl sites for hydroxylation is 2. The summed E-state index contributed by atoms with van der Waals surface area (Å²) in [4.78, 5) is 11.0. The van der Waals surface area contributed by atoms with Crippen molar-refractivity contribution in [3.63, 3.8) is 0 Å². The highest BCUT2D eigenvalue weighted by Crippen LogP contribution is 2.19. The number of carbonyl (C=O) groups is 1. The van der Waals surface area contributed by atoms with E-state index in [4.69, 9.17) is 5.11 Å². The number of halogens is 1. The van der Waals surface area contributed by atoms with Crippen molar-refractivity contribution in [2.75, 3.05) is 0 Å². The molecule has 0 spiro atoms. The van der Waals surface area contributed by atoms with Crippen molar-refractivity contribution in [1.82, 2.24) is 4.72 Å². The maximum Gasteiger partial charge on any atom is 0.321 e. The SMILES string of the molecule is Cc1cc(S(=O)(=O)N[C@@H](CC(C)C)C(=O)O)cc(C)c1F. The molecule has 0 saturated carbocycles. The van der Waals surface area contributed by atoms with Crippen molar-refractivity contribution < 1.29 is 22.7 Å². The molecule has 1 rings (SSSR count). The molecule has 0 radical (unpaired) electrons. The maximum absolute atomic E-state index is 13.6. The Morgan fingerprint density at radius 3 is 2.14 bits per heavy atom. The minimum Gasteiger partial charge on any atom is -0.480 e. The van der Waals surface area contributed by atoms with Gasteiger partial charge >= 0.3 is 5.97 Å². The number of nitrogens with one attached hydrogen (secondary N) is 1. The van der Waals surface area contributed by atoms with Crippen LogP contribution in [0.5, 0.6) is 0 Å². The maximum atomic E-state index is 13.6. The van der Waals surface area contributed by atoms with Crippen LogP contribution in [0.15, 0.2) is 17.0 Å². The van der Waals surface area contributed by atoms with Crippen LogP contribution in [0.2, 0.25) is 0 Å². The van der Waals surface area contributed by atoms with Crippen LogP contribution in [0, 0.1) is 25.6 Å². The average Bonchev–Trinajstić information content (AvgIpc) is 2.33. The first kappa shape index (κ1) is 17.6. The molecule has 0 heterocycles. The summed E-state index contributed by atoms with van der Waals surface area (Å²) < 4.78 is 40.2. The van der Waals surface area contributed by atoms with Gasteiger partial charge in [0.25, 0.3) is 0 Å². The van der Waals surface area contributed by atoms with Crippen molar-refractivity contribution in [1.29, 1.82) is 0 Å². The lowest BCUT2D eigenvalue weighted by molar-refractivity contribution is -0.139. The number of hydrogen-bond donors (Lipinski definition) is 2. The van der Waals surface area contributed by atoms with Crippen molar-refractivity contribution in [3.8, 4) is 0 Å². The van der Waals surface area contributed by atoms with E-state index in [0.717, 1.165) is 0 Å². The molecule has 0 amide bonds. The number of rotatable bonds is 6. The minimum absolute atomic E-state index is 0.0190. The van der Waals surface area contributed by atoms with Crippen LogP contribution in [-0.2, 0) is 14.8 Å². The average molecular weight is 317 g/mol. The molecule has 118 valence electrons. The molecule has 21 heavy (non-hydrogen) atoms. The van der Waals surface area contributed by atoms with E-state index >= 15 is 0 Å². The topological polar surface area (TPSA) is 83.5 Å². The zero-order valence-corrected chi connectivity index (χ0v) is 13.3. The minimum atomic E-state index is -4.01. The molecule has 0 aliphatic carbocycles. The third-order valence-electron chi connectivity index (χ3n) is 3.02. The zero-order chi connectivity index (χ0) is 16.4. The van der Waals surface area contributed by atoms with E-state index in [1.54, 1.807) is 13.8 Å². The lowest BCUT2D eigenvalue weighted by Gasteiger charge is -2.17. The molecule has 0 saturated heterocycles. The zero-order valence-electron chi connectivity index (χ0n) is 12.5. The fraction of sp³-hybridized carbons (Fsp3) is 0.500. The van der Waals surface area contributed by atoms with E-state index in [9.17, 15) is 17.6 Å². The Bertz CT molecular complexity index is 617. The number of hydrogen-bond acceptors (Lipinski definition) is 3. The van der Waals surface area contributed by atoms with E-state index in [-0.39, 0.29) is 28.4 Å². The van der Waals surface area contributed by atoms with Gasteiger partial charge in [-0.2, -0.15) is 4.72 Å². The summed E-state index contributed by atoms with van der Waals surface area (Å²) in [6, 6.07) is 1.18. The van der Waals surface area contributed by atoms with Crippen LogP contribution < -0.4 is 4.72 Å². The predicted octanol–water partition coefficient (Wildman–Crippen LogP) is 2.22. The predicted molar refractivity (Wildman–Crippen MR) is 77.1 cm³/mol. The van der Waals surface area contributed by atoms with E-state index in [0.29, 0.717) is 0 Å². The number of sulfonamides is 1. The number of aliphatic carboxylic acids is 1. The second-order valence-corrected chi connectivity index (χ2v) is 7.23. The first-order valence-corrected chi connectivity index (χ1v) is 8.04. The monoisotopic (exact) mass is 317 g/mol. The first-order valence-electron chi connectivity index (χ1n) is 6.56. The second kappa shape index (κ2) is 6.53. The van der Waals surface area contributed by atoms with E-state index in [1.165, 1.54) is 26.0 Å². The van der Waals surface area contributed by atoms with Gasteiger partial charge in [0.05, 0.1) is 4.90 Å².